The number of hydrogen-bond donors (Lipinski definition) is 1. The molecule has 0 aliphatic heterocycles. The summed E-state index contributed by atoms with van der Waals surface area (Å²) in [4.78, 5) is 4.35. The highest BCUT2D eigenvalue weighted by atomic mass is 16.3. The molecule has 112 valence electrons. The van der Waals surface area contributed by atoms with Gasteiger partial charge in [-0.05, 0) is 42.4 Å². The van der Waals surface area contributed by atoms with Gasteiger partial charge in [-0.15, -0.1) is 6.58 Å². The molecule has 1 aromatic carbocycles. The molecule has 0 bridgehead atoms. The third kappa shape index (κ3) is 3.70. The van der Waals surface area contributed by atoms with E-state index in [1.54, 1.807) is 6.20 Å². The highest BCUT2D eigenvalue weighted by molar-refractivity contribution is 5.82. The quantitative estimate of drug-likeness (QED) is 0.733. The zero-order chi connectivity index (χ0) is 15.2. The molecule has 21 heavy (non-hydrogen) atoms. The van der Waals surface area contributed by atoms with E-state index in [9.17, 15) is 5.11 Å². The van der Waals surface area contributed by atoms with Gasteiger partial charge >= 0.3 is 0 Å². The fourth-order valence-corrected chi connectivity index (χ4v) is 2.97. The molecule has 1 heterocycles. The van der Waals surface area contributed by atoms with Crippen LogP contribution in [0.25, 0.3) is 10.9 Å². The van der Waals surface area contributed by atoms with Crippen LogP contribution in [0.1, 0.15) is 44.8 Å². The first-order valence-corrected chi connectivity index (χ1v) is 7.81. The number of para-hydroxylation sites is 1. The molecule has 0 saturated carbocycles. The minimum Gasteiger partial charge on any atom is -0.388 e. The second-order valence-electron chi connectivity index (χ2n) is 5.77. The van der Waals surface area contributed by atoms with E-state index in [0.29, 0.717) is 11.8 Å². The maximum Gasteiger partial charge on any atom is 0.0797 e. The summed E-state index contributed by atoms with van der Waals surface area (Å²) in [5, 5.41) is 11.6. The van der Waals surface area contributed by atoms with E-state index < -0.39 is 6.10 Å². The molecule has 2 nitrogen and oxygen atoms in total. The second-order valence-corrected chi connectivity index (χ2v) is 5.77. The predicted octanol–water partition coefficient (Wildman–Crippen LogP) is 4.90. The number of rotatable bonds is 7. The molecular formula is C19H25NO. The lowest BCUT2D eigenvalue weighted by atomic mass is 9.86. The van der Waals surface area contributed by atoms with Crippen molar-refractivity contribution in [1.82, 2.24) is 4.98 Å². The summed E-state index contributed by atoms with van der Waals surface area (Å²) < 4.78 is 0. The average molecular weight is 283 g/mol. The van der Waals surface area contributed by atoms with Crippen LogP contribution in [0.2, 0.25) is 0 Å². The number of hydrogen-bond acceptors (Lipinski definition) is 2. The smallest absolute Gasteiger partial charge is 0.0797 e. The van der Waals surface area contributed by atoms with Crippen molar-refractivity contribution < 1.29 is 5.11 Å². The summed E-state index contributed by atoms with van der Waals surface area (Å²) >= 11 is 0. The lowest BCUT2D eigenvalue weighted by molar-refractivity contribution is 0.153. The van der Waals surface area contributed by atoms with Gasteiger partial charge in [-0.25, -0.2) is 0 Å². The summed E-state index contributed by atoms with van der Waals surface area (Å²) in [6.45, 7) is 8.30. The first-order chi connectivity index (χ1) is 10.2. The van der Waals surface area contributed by atoms with Crippen molar-refractivity contribution in [2.75, 3.05) is 0 Å². The second kappa shape index (κ2) is 7.37. The average Bonchev–Trinajstić information content (AvgIpc) is 2.54. The van der Waals surface area contributed by atoms with Crippen LogP contribution in [0.4, 0.5) is 0 Å². The van der Waals surface area contributed by atoms with Crippen LogP contribution >= 0.6 is 0 Å². The Balaban J connectivity index is 2.12. The fourth-order valence-electron chi connectivity index (χ4n) is 2.97. The monoisotopic (exact) mass is 283 g/mol. The maximum atomic E-state index is 10.6. The first kappa shape index (κ1) is 15.7. The Morgan fingerprint density at radius 1 is 1.24 bits per heavy atom. The van der Waals surface area contributed by atoms with E-state index in [1.807, 2.05) is 36.4 Å². The van der Waals surface area contributed by atoms with Gasteiger partial charge in [0, 0.05) is 11.6 Å². The van der Waals surface area contributed by atoms with E-state index in [2.05, 4.69) is 25.4 Å². The maximum absolute atomic E-state index is 10.6. The molecule has 2 unspecified atom stereocenters. The number of nitrogens with zero attached hydrogens (tertiary/aromatic N) is 1. The van der Waals surface area contributed by atoms with Gasteiger partial charge in [-0.1, -0.05) is 44.5 Å². The van der Waals surface area contributed by atoms with Crippen LogP contribution in [0.15, 0.2) is 49.2 Å². The number of aromatic nitrogens is 1. The molecule has 1 N–H and O–H groups in total. The Bertz CT molecular complexity index is 588. The number of allylic oxidation sites excluding steroid dienone is 1. The van der Waals surface area contributed by atoms with Gasteiger partial charge in [-0.3, -0.25) is 4.98 Å². The summed E-state index contributed by atoms with van der Waals surface area (Å²) in [5.74, 6) is 1.08. The standard InChI is InChI=1S/C19H25NO/c1-4-14(3)15(5-2)10-11-19(21)17-12-13-20-18-9-7-6-8-16(17)18/h4,6-9,12-15,19,21H,1,5,10-11H2,2-3H3/t14?,15?,19-/m0/s1. The Morgan fingerprint density at radius 3 is 2.71 bits per heavy atom. The number of fused-ring (bicyclic) bond motifs is 1. The van der Waals surface area contributed by atoms with Crippen molar-refractivity contribution >= 4 is 10.9 Å². The normalized spacial score (nSPS) is 15.6. The molecule has 2 aromatic rings. The van der Waals surface area contributed by atoms with E-state index >= 15 is 0 Å². The molecule has 0 amide bonds. The van der Waals surface area contributed by atoms with Gasteiger partial charge in [0.15, 0.2) is 0 Å². The van der Waals surface area contributed by atoms with Crippen molar-refractivity contribution in [2.24, 2.45) is 11.8 Å². The molecule has 0 aliphatic carbocycles. The van der Waals surface area contributed by atoms with Crippen molar-refractivity contribution in [2.45, 2.75) is 39.2 Å². The summed E-state index contributed by atoms with van der Waals surface area (Å²) in [7, 11) is 0. The first-order valence-electron chi connectivity index (χ1n) is 7.81. The highest BCUT2D eigenvalue weighted by Crippen LogP contribution is 2.30. The van der Waals surface area contributed by atoms with Crippen LogP contribution in [-0.2, 0) is 0 Å². The van der Waals surface area contributed by atoms with Gasteiger partial charge < -0.3 is 5.11 Å². The summed E-state index contributed by atoms with van der Waals surface area (Å²) in [5.41, 5.74) is 1.93. The SMILES string of the molecule is C=CC(C)C(CC)CC[C@H](O)c1ccnc2ccccc12. The van der Waals surface area contributed by atoms with E-state index in [4.69, 9.17) is 0 Å². The zero-order valence-electron chi connectivity index (χ0n) is 13.0. The third-order valence-corrected chi connectivity index (χ3v) is 4.49. The van der Waals surface area contributed by atoms with E-state index in [1.165, 1.54) is 0 Å². The van der Waals surface area contributed by atoms with Crippen molar-refractivity contribution in [3.63, 3.8) is 0 Å². The van der Waals surface area contributed by atoms with Crippen LogP contribution in [0.3, 0.4) is 0 Å². The lowest BCUT2D eigenvalue weighted by Gasteiger charge is -2.21. The van der Waals surface area contributed by atoms with E-state index in [0.717, 1.165) is 35.7 Å². The molecule has 0 spiro atoms. The predicted molar refractivity (Wildman–Crippen MR) is 89.1 cm³/mol. The Kier molecular flexibility index (Phi) is 5.51. The van der Waals surface area contributed by atoms with Crippen LogP contribution < -0.4 is 0 Å². The summed E-state index contributed by atoms with van der Waals surface area (Å²) in [6.07, 6.45) is 6.29. The van der Waals surface area contributed by atoms with Gasteiger partial charge in [0.25, 0.3) is 0 Å². The van der Waals surface area contributed by atoms with Gasteiger partial charge in [0.1, 0.15) is 0 Å². The van der Waals surface area contributed by atoms with Crippen LogP contribution in [-0.4, -0.2) is 10.1 Å². The van der Waals surface area contributed by atoms with E-state index in [-0.39, 0.29) is 0 Å². The minimum atomic E-state index is -0.427. The molecule has 0 aliphatic rings. The van der Waals surface area contributed by atoms with Crippen LogP contribution in [0.5, 0.6) is 0 Å². The number of aliphatic hydroxyl groups excluding tert-OH is 1. The molecule has 0 fully saturated rings. The van der Waals surface area contributed by atoms with Gasteiger partial charge in [-0.2, -0.15) is 0 Å². The third-order valence-electron chi connectivity index (χ3n) is 4.49. The lowest BCUT2D eigenvalue weighted by Crippen LogP contribution is -2.10. The Labute approximate surface area is 127 Å². The van der Waals surface area contributed by atoms with Gasteiger partial charge in [0.05, 0.1) is 11.6 Å². The number of aliphatic hydroxyl groups is 1. The topological polar surface area (TPSA) is 33.1 Å². The highest BCUT2D eigenvalue weighted by Gasteiger charge is 2.17. The van der Waals surface area contributed by atoms with Crippen LogP contribution in [0, 0.1) is 11.8 Å². The number of pyridine rings is 1. The molecule has 3 atom stereocenters. The molecule has 1 aromatic heterocycles. The Morgan fingerprint density at radius 2 is 2.00 bits per heavy atom. The molecule has 2 rings (SSSR count). The molecular weight excluding hydrogens is 258 g/mol. The van der Waals surface area contributed by atoms with Crippen molar-refractivity contribution in [1.29, 1.82) is 0 Å². The number of benzene rings is 1. The van der Waals surface area contributed by atoms with Crippen molar-refractivity contribution in [3.05, 3.63) is 54.7 Å². The van der Waals surface area contributed by atoms with Crippen molar-refractivity contribution in [3.8, 4) is 0 Å². The van der Waals surface area contributed by atoms with Gasteiger partial charge in [0.2, 0.25) is 0 Å². The summed E-state index contributed by atoms with van der Waals surface area (Å²) in [6, 6.07) is 9.93. The zero-order valence-corrected chi connectivity index (χ0v) is 13.0. The molecule has 2 heteroatoms. The fraction of sp³-hybridized carbons (Fsp3) is 0.421. The molecule has 0 radical (unpaired) electrons. The largest absolute Gasteiger partial charge is 0.388 e. The minimum absolute atomic E-state index is 0.427. The molecule has 0 saturated heterocycles. The Hall–Kier alpha value is -1.67.